The fourth-order valence-electron chi connectivity index (χ4n) is 1.27. The minimum absolute atomic E-state index is 0.0573. The van der Waals surface area contributed by atoms with Gasteiger partial charge in [0.25, 0.3) is 6.43 Å². The van der Waals surface area contributed by atoms with Crippen LogP contribution in [-0.2, 0) is 9.53 Å². The number of ether oxygens (including phenoxy) is 1. The van der Waals surface area contributed by atoms with E-state index in [4.69, 9.17) is 0 Å². The number of halogens is 3. The van der Waals surface area contributed by atoms with Crippen molar-refractivity contribution in [3.8, 4) is 0 Å². The number of unbranched alkanes of at least 4 members (excludes halogenated alkanes) is 2. The minimum atomic E-state index is -2.47. The number of hydrogen-bond acceptors (Lipinski definition) is 2. The molecule has 0 N–H and O–H groups in total. The lowest BCUT2D eigenvalue weighted by Crippen LogP contribution is -2.28. The number of alkyl halides is 3. The van der Waals surface area contributed by atoms with Crippen molar-refractivity contribution in [2.24, 2.45) is 0 Å². The molecule has 0 unspecified atom stereocenters. The molecule has 0 spiro atoms. The summed E-state index contributed by atoms with van der Waals surface area (Å²) in [6.07, 6.45) is 0.838. The molecule has 17 heavy (non-hydrogen) atoms. The standard InChI is InChI=1S/C11H20BrF2NO2/c1-15(7-4-2-3-6-12)11(16)5-8-17-9-10(13)14/h10H,2-9H2,1H3. The van der Waals surface area contributed by atoms with Crippen molar-refractivity contribution in [1.82, 2.24) is 4.90 Å². The largest absolute Gasteiger partial charge is 0.375 e. The molecular weight excluding hydrogens is 296 g/mol. The molecule has 0 radical (unpaired) electrons. The lowest BCUT2D eigenvalue weighted by molar-refractivity contribution is -0.131. The molecule has 102 valence electrons. The first-order valence-electron chi connectivity index (χ1n) is 5.73. The third kappa shape index (κ3) is 10.6. The van der Waals surface area contributed by atoms with Crippen molar-refractivity contribution >= 4 is 21.8 Å². The third-order valence-corrected chi connectivity index (χ3v) is 2.82. The van der Waals surface area contributed by atoms with Gasteiger partial charge >= 0.3 is 0 Å². The zero-order chi connectivity index (χ0) is 13.1. The van der Waals surface area contributed by atoms with Crippen LogP contribution in [0.4, 0.5) is 8.78 Å². The zero-order valence-electron chi connectivity index (χ0n) is 10.1. The van der Waals surface area contributed by atoms with Crippen LogP contribution in [-0.4, -0.2) is 49.4 Å². The van der Waals surface area contributed by atoms with Crippen molar-refractivity contribution in [2.45, 2.75) is 32.1 Å². The molecule has 0 aliphatic heterocycles. The number of carbonyl (C=O) groups is 1. The van der Waals surface area contributed by atoms with Crippen molar-refractivity contribution in [1.29, 1.82) is 0 Å². The summed E-state index contributed by atoms with van der Waals surface area (Å²) in [5, 5.41) is 0.978. The monoisotopic (exact) mass is 315 g/mol. The maximum atomic E-state index is 11.7. The summed E-state index contributed by atoms with van der Waals surface area (Å²) in [6.45, 7) is 0.178. The van der Waals surface area contributed by atoms with Gasteiger partial charge < -0.3 is 9.64 Å². The molecule has 0 rings (SSSR count). The second-order valence-corrected chi connectivity index (χ2v) is 4.57. The van der Waals surface area contributed by atoms with Gasteiger partial charge in [0.15, 0.2) is 0 Å². The van der Waals surface area contributed by atoms with Crippen molar-refractivity contribution < 1.29 is 18.3 Å². The highest BCUT2D eigenvalue weighted by Gasteiger charge is 2.09. The first kappa shape index (κ1) is 16.8. The minimum Gasteiger partial charge on any atom is -0.375 e. The van der Waals surface area contributed by atoms with Crippen LogP contribution in [0.25, 0.3) is 0 Å². The fourth-order valence-corrected chi connectivity index (χ4v) is 1.66. The van der Waals surface area contributed by atoms with Crippen LogP contribution in [0.1, 0.15) is 25.7 Å². The Balaban J connectivity index is 3.47. The van der Waals surface area contributed by atoms with Crippen molar-refractivity contribution in [2.75, 3.05) is 32.1 Å². The van der Waals surface area contributed by atoms with E-state index in [0.29, 0.717) is 6.54 Å². The first-order chi connectivity index (χ1) is 8.07. The lowest BCUT2D eigenvalue weighted by Gasteiger charge is -2.16. The van der Waals surface area contributed by atoms with E-state index in [1.165, 1.54) is 0 Å². The Bertz CT molecular complexity index is 206. The van der Waals surface area contributed by atoms with E-state index in [9.17, 15) is 13.6 Å². The van der Waals surface area contributed by atoms with Crippen LogP contribution < -0.4 is 0 Å². The van der Waals surface area contributed by atoms with Crippen LogP contribution in [0.15, 0.2) is 0 Å². The average Bonchev–Trinajstić information content (AvgIpc) is 2.29. The molecular formula is C11H20BrF2NO2. The predicted octanol–water partition coefficient (Wildman–Crippen LogP) is 2.68. The smallest absolute Gasteiger partial charge is 0.261 e. The molecule has 0 aromatic rings. The van der Waals surface area contributed by atoms with Gasteiger partial charge in [0.05, 0.1) is 13.0 Å². The van der Waals surface area contributed by atoms with Gasteiger partial charge in [0, 0.05) is 18.9 Å². The molecule has 0 aliphatic carbocycles. The number of rotatable bonds is 10. The summed E-state index contributed by atoms with van der Waals surface area (Å²) in [5.74, 6) is -0.0573. The van der Waals surface area contributed by atoms with Crippen LogP contribution in [0, 0.1) is 0 Å². The Hall–Kier alpha value is -0.230. The molecule has 0 heterocycles. The van der Waals surface area contributed by atoms with E-state index in [2.05, 4.69) is 20.7 Å². The number of carbonyl (C=O) groups excluding carboxylic acids is 1. The van der Waals surface area contributed by atoms with E-state index in [0.717, 1.165) is 24.6 Å². The molecule has 1 amide bonds. The average molecular weight is 316 g/mol. The third-order valence-electron chi connectivity index (χ3n) is 2.26. The molecule has 0 atom stereocenters. The van der Waals surface area contributed by atoms with Gasteiger partial charge in [-0.05, 0) is 12.8 Å². The molecule has 0 bridgehead atoms. The summed E-state index contributed by atoms with van der Waals surface area (Å²) >= 11 is 3.34. The summed E-state index contributed by atoms with van der Waals surface area (Å²) in [5.41, 5.74) is 0. The normalized spacial score (nSPS) is 10.9. The molecule has 0 saturated carbocycles. The molecule has 0 fully saturated rings. The Morgan fingerprint density at radius 3 is 2.65 bits per heavy atom. The molecule has 0 aromatic carbocycles. The molecule has 0 aromatic heterocycles. The maximum absolute atomic E-state index is 11.7. The quantitative estimate of drug-likeness (QED) is 0.458. The summed E-state index contributed by atoms with van der Waals surface area (Å²) in [6, 6.07) is 0. The van der Waals surface area contributed by atoms with Crippen LogP contribution >= 0.6 is 15.9 Å². The Kier molecular flexibility index (Phi) is 10.7. The number of amides is 1. The fraction of sp³-hybridized carbons (Fsp3) is 0.909. The van der Waals surface area contributed by atoms with Crippen LogP contribution in [0.2, 0.25) is 0 Å². The van der Waals surface area contributed by atoms with E-state index in [1.54, 1.807) is 11.9 Å². The highest BCUT2D eigenvalue weighted by molar-refractivity contribution is 9.09. The van der Waals surface area contributed by atoms with Crippen molar-refractivity contribution in [3.05, 3.63) is 0 Å². The molecule has 0 saturated heterocycles. The SMILES string of the molecule is CN(CCCCCBr)C(=O)CCOCC(F)F. The first-order valence-corrected chi connectivity index (χ1v) is 6.86. The Labute approximate surface area is 110 Å². The summed E-state index contributed by atoms with van der Waals surface area (Å²) in [4.78, 5) is 13.1. The molecule has 6 heteroatoms. The number of hydrogen-bond donors (Lipinski definition) is 0. The second kappa shape index (κ2) is 10.9. The Morgan fingerprint density at radius 1 is 1.35 bits per heavy atom. The molecule has 3 nitrogen and oxygen atoms in total. The van der Waals surface area contributed by atoms with E-state index in [1.807, 2.05) is 0 Å². The molecule has 0 aliphatic rings. The van der Waals surface area contributed by atoms with Gasteiger partial charge in [0.2, 0.25) is 5.91 Å². The van der Waals surface area contributed by atoms with Gasteiger partial charge in [-0.2, -0.15) is 0 Å². The summed E-state index contributed by atoms with van der Waals surface area (Å²) < 4.78 is 28.1. The van der Waals surface area contributed by atoms with E-state index in [-0.39, 0.29) is 18.9 Å². The number of nitrogens with zero attached hydrogens (tertiary/aromatic N) is 1. The topological polar surface area (TPSA) is 29.5 Å². The second-order valence-electron chi connectivity index (χ2n) is 3.78. The van der Waals surface area contributed by atoms with E-state index < -0.39 is 13.0 Å². The Morgan fingerprint density at radius 2 is 2.06 bits per heavy atom. The maximum Gasteiger partial charge on any atom is 0.261 e. The van der Waals surface area contributed by atoms with Gasteiger partial charge in [-0.1, -0.05) is 22.4 Å². The zero-order valence-corrected chi connectivity index (χ0v) is 11.7. The highest BCUT2D eigenvalue weighted by atomic mass is 79.9. The van der Waals surface area contributed by atoms with Gasteiger partial charge in [-0.3, -0.25) is 4.79 Å². The highest BCUT2D eigenvalue weighted by Crippen LogP contribution is 2.01. The van der Waals surface area contributed by atoms with E-state index >= 15 is 0 Å². The van der Waals surface area contributed by atoms with Gasteiger partial charge in [-0.25, -0.2) is 8.78 Å². The van der Waals surface area contributed by atoms with Crippen LogP contribution in [0.5, 0.6) is 0 Å². The van der Waals surface area contributed by atoms with Crippen LogP contribution in [0.3, 0.4) is 0 Å². The van der Waals surface area contributed by atoms with Gasteiger partial charge in [-0.15, -0.1) is 0 Å². The van der Waals surface area contributed by atoms with Gasteiger partial charge in [0.1, 0.15) is 6.61 Å². The summed E-state index contributed by atoms with van der Waals surface area (Å²) in [7, 11) is 1.73. The predicted molar refractivity (Wildman–Crippen MR) is 66.7 cm³/mol. The lowest BCUT2D eigenvalue weighted by atomic mass is 10.2. The van der Waals surface area contributed by atoms with Crippen molar-refractivity contribution in [3.63, 3.8) is 0 Å².